The van der Waals surface area contributed by atoms with Crippen LogP contribution in [0.1, 0.15) is 30.9 Å². The lowest BCUT2D eigenvalue weighted by Crippen LogP contribution is -1.91. The summed E-state index contributed by atoms with van der Waals surface area (Å²) in [6.07, 6.45) is 3.70. The van der Waals surface area contributed by atoms with Crippen molar-refractivity contribution in [3.63, 3.8) is 0 Å². The fraction of sp³-hybridized carbons (Fsp3) is 0.238. The Hall–Kier alpha value is -2.08. The monoisotopic (exact) mass is 272 g/mol. The van der Waals surface area contributed by atoms with Crippen molar-refractivity contribution in [3.8, 4) is 0 Å². The second kappa shape index (κ2) is 4.73. The van der Waals surface area contributed by atoms with Gasteiger partial charge in [0, 0.05) is 0 Å². The molecule has 0 aliphatic heterocycles. The average molecular weight is 272 g/mol. The second-order valence-corrected chi connectivity index (χ2v) is 6.13. The van der Waals surface area contributed by atoms with Crippen LogP contribution in [0.25, 0.3) is 32.3 Å². The van der Waals surface area contributed by atoms with Crippen molar-refractivity contribution >= 4 is 32.3 Å². The van der Waals surface area contributed by atoms with E-state index >= 15 is 0 Å². The van der Waals surface area contributed by atoms with E-state index in [2.05, 4.69) is 62.4 Å². The normalized spacial score (nSPS) is 11.9. The molecule has 104 valence electrons. The molecule has 0 bridgehead atoms. The highest BCUT2D eigenvalue weighted by Gasteiger charge is 2.11. The Morgan fingerprint density at radius 2 is 1.33 bits per heavy atom. The summed E-state index contributed by atoms with van der Waals surface area (Å²) >= 11 is 0. The van der Waals surface area contributed by atoms with Crippen molar-refractivity contribution in [1.29, 1.82) is 0 Å². The molecular weight excluding hydrogens is 252 g/mol. The first-order valence-corrected chi connectivity index (χ1v) is 7.95. The van der Waals surface area contributed by atoms with Crippen LogP contribution in [-0.2, 0) is 6.42 Å². The zero-order valence-electron chi connectivity index (χ0n) is 12.7. The van der Waals surface area contributed by atoms with Gasteiger partial charge in [0.2, 0.25) is 0 Å². The number of aryl methyl sites for hydroxylation is 2. The van der Waals surface area contributed by atoms with E-state index in [9.17, 15) is 0 Å². The van der Waals surface area contributed by atoms with Gasteiger partial charge in [-0.25, -0.2) is 0 Å². The topological polar surface area (TPSA) is 0 Å². The highest BCUT2D eigenvalue weighted by molar-refractivity contribution is 6.24. The summed E-state index contributed by atoms with van der Waals surface area (Å²) in [4.78, 5) is 0. The van der Waals surface area contributed by atoms with Crippen molar-refractivity contribution in [2.45, 2.75) is 33.1 Å². The number of rotatable bonds is 3. The van der Waals surface area contributed by atoms with Gasteiger partial charge >= 0.3 is 0 Å². The quantitative estimate of drug-likeness (QED) is 0.387. The van der Waals surface area contributed by atoms with Gasteiger partial charge in [-0.05, 0) is 63.2 Å². The molecule has 0 saturated carbocycles. The van der Waals surface area contributed by atoms with E-state index < -0.39 is 0 Å². The van der Waals surface area contributed by atoms with Gasteiger partial charge in [-0.2, -0.15) is 0 Å². The van der Waals surface area contributed by atoms with Crippen LogP contribution in [0.3, 0.4) is 0 Å². The van der Waals surface area contributed by atoms with Gasteiger partial charge in [0.15, 0.2) is 0 Å². The first-order chi connectivity index (χ1) is 10.3. The zero-order chi connectivity index (χ0) is 14.4. The van der Waals surface area contributed by atoms with Crippen molar-refractivity contribution in [1.82, 2.24) is 0 Å². The summed E-state index contributed by atoms with van der Waals surface area (Å²) in [5, 5.41) is 8.49. The molecule has 0 N–H and O–H groups in total. The van der Waals surface area contributed by atoms with E-state index in [1.54, 1.807) is 0 Å². The Balaban J connectivity index is 2.16. The van der Waals surface area contributed by atoms with Crippen LogP contribution < -0.4 is 0 Å². The molecule has 0 amide bonds. The minimum Gasteiger partial charge on any atom is -0.0654 e. The Morgan fingerprint density at radius 3 is 2.10 bits per heavy atom. The maximum atomic E-state index is 2.32. The lowest BCUT2D eigenvalue weighted by atomic mass is 9.89. The van der Waals surface area contributed by atoms with E-state index in [0.29, 0.717) is 0 Å². The highest BCUT2D eigenvalue weighted by atomic mass is 14.1. The number of hydrogen-bond acceptors (Lipinski definition) is 0. The van der Waals surface area contributed by atoms with Crippen molar-refractivity contribution in [2.24, 2.45) is 0 Å². The summed E-state index contributed by atoms with van der Waals surface area (Å²) in [6, 6.07) is 18.3. The van der Waals surface area contributed by atoms with Gasteiger partial charge in [0.1, 0.15) is 0 Å². The number of benzene rings is 4. The Labute approximate surface area is 125 Å². The van der Waals surface area contributed by atoms with E-state index in [1.807, 2.05) is 0 Å². The molecule has 0 aliphatic carbocycles. The minimum atomic E-state index is 1.18. The number of hydrogen-bond donors (Lipinski definition) is 0. The molecule has 0 aliphatic rings. The smallest absolute Gasteiger partial charge is 0.00239 e. The van der Waals surface area contributed by atoms with Gasteiger partial charge in [-0.15, -0.1) is 0 Å². The van der Waals surface area contributed by atoms with Crippen molar-refractivity contribution in [3.05, 3.63) is 59.7 Å². The summed E-state index contributed by atoms with van der Waals surface area (Å²) in [5.74, 6) is 0. The van der Waals surface area contributed by atoms with Crippen LogP contribution in [0.5, 0.6) is 0 Å². The highest BCUT2D eigenvalue weighted by Crippen LogP contribution is 2.37. The first kappa shape index (κ1) is 12.6. The first-order valence-electron chi connectivity index (χ1n) is 7.95. The Kier molecular flexibility index (Phi) is 2.85. The lowest BCUT2D eigenvalue weighted by molar-refractivity contribution is 0.799. The maximum Gasteiger partial charge on any atom is -0.00239 e. The van der Waals surface area contributed by atoms with Crippen molar-refractivity contribution in [2.75, 3.05) is 0 Å². The summed E-state index contributed by atoms with van der Waals surface area (Å²) in [7, 11) is 0. The van der Waals surface area contributed by atoms with Crippen LogP contribution in [0.4, 0.5) is 0 Å². The molecule has 0 unspecified atom stereocenters. The largest absolute Gasteiger partial charge is 0.0654 e. The lowest BCUT2D eigenvalue weighted by Gasteiger charge is -2.15. The Morgan fingerprint density at radius 1 is 0.714 bits per heavy atom. The fourth-order valence-electron chi connectivity index (χ4n) is 3.59. The van der Waals surface area contributed by atoms with E-state index in [-0.39, 0.29) is 0 Å². The molecule has 0 saturated heterocycles. The molecule has 4 aromatic rings. The van der Waals surface area contributed by atoms with Crippen LogP contribution >= 0.6 is 0 Å². The van der Waals surface area contributed by atoms with E-state index in [0.717, 1.165) is 0 Å². The number of unbranched alkanes of at least 4 members (excludes halogenated alkanes) is 1. The summed E-state index contributed by atoms with van der Waals surface area (Å²) < 4.78 is 0. The van der Waals surface area contributed by atoms with Gasteiger partial charge in [0.25, 0.3) is 0 Å². The Bertz CT molecular complexity index is 931. The molecule has 4 aromatic carbocycles. The van der Waals surface area contributed by atoms with Crippen LogP contribution in [0.15, 0.2) is 48.5 Å². The zero-order valence-corrected chi connectivity index (χ0v) is 12.7. The third kappa shape index (κ3) is 1.82. The maximum absolute atomic E-state index is 2.32. The average Bonchev–Trinajstić information content (AvgIpc) is 2.53. The van der Waals surface area contributed by atoms with Crippen LogP contribution in [0.2, 0.25) is 0 Å². The van der Waals surface area contributed by atoms with Gasteiger partial charge in [-0.3, -0.25) is 0 Å². The molecule has 4 rings (SSSR count). The third-order valence-corrected chi connectivity index (χ3v) is 4.77. The van der Waals surface area contributed by atoms with Crippen LogP contribution in [-0.4, -0.2) is 0 Å². The minimum absolute atomic E-state index is 1.18. The predicted octanol–water partition coefficient (Wildman–Crippen LogP) is 6.24. The molecule has 0 atom stereocenters. The molecule has 0 heteroatoms. The molecule has 21 heavy (non-hydrogen) atoms. The predicted molar refractivity (Wildman–Crippen MR) is 93.5 cm³/mol. The van der Waals surface area contributed by atoms with Crippen molar-refractivity contribution < 1.29 is 0 Å². The van der Waals surface area contributed by atoms with E-state index in [1.165, 1.54) is 62.7 Å². The molecular formula is C21H20. The molecule has 0 heterocycles. The fourth-order valence-corrected chi connectivity index (χ4v) is 3.59. The molecule has 0 radical (unpaired) electrons. The SMILES string of the molecule is CCCCc1ccc2ccc3c(C)ccc4ccc1c2c43. The molecule has 0 aromatic heterocycles. The second-order valence-electron chi connectivity index (χ2n) is 6.13. The molecule has 0 fully saturated rings. The van der Waals surface area contributed by atoms with Gasteiger partial charge in [0.05, 0.1) is 0 Å². The third-order valence-electron chi connectivity index (χ3n) is 4.77. The molecule has 0 spiro atoms. The summed E-state index contributed by atoms with van der Waals surface area (Å²) in [6.45, 7) is 4.48. The standard InChI is InChI=1S/C21H20/c1-3-4-5-15-8-9-17-10-12-18-14(2)6-7-16-11-13-19(15)21(17)20(16)18/h6-13H,3-5H2,1-2H3. The van der Waals surface area contributed by atoms with E-state index in [4.69, 9.17) is 0 Å². The van der Waals surface area contributed by atoms with Gasteiger partial charge < -0.3 is 0 Å². The summed E-state index contributed by atoms with van der Waals surface area (Å²) in [5.41, 5.74) is 2.87. The van der Waals surface area contributed by atoms with Crippen LogP contribution in [0, 0.1) is 6.92 Å². The molecule has 0 nitrogen and oxygen atoms in total. The van der Waals surface area contributed by atoms with Gasteiger partial charge in [-0.1, -0.05) is 61.9 Å².